The molecule has 1 aromatic rings. The Bertz CT molecular complexity index is 392. The van der Waals surface area contributed by atoms with Crippen LogP contribution in [0.25, 0.3) is 0 Å². The van der Waals surface area contributed by atoms with Crippen LogP contribution in [-0.4, -0.2) is 24.4 Å². The third kappa shape index (κ3) is 4.65. The number of carbonyl (C=O) groups excluding carboxylic acids is 2. The molecular formula is C13H19N3O2. The molecule has 5 heteroatoms. The third-order valence-corrected chi connectivity index (χ3v) is 2.58. The number of carbonyl (C=O) groups is 2. The van der Waals surface area contributed by atoms with Gasteiger partial charge in [-0.1, -0.05) is 24.6 Å². The Labute approximate surface area is 107 Å². The van der Waals surface area contributed by atoms with Gasteiger partial charge >= 0.3 is 0 Å². The fourth-order valence-electron chi connectivity index (χ4n) is 1.51. The van der Waals surface area contributed by atoms with Crippen LogP contribution in [0.1, 0.15) is 29.6 Å². The first-order chi connectivity index (χ1) is 8.65. The van der Waals surface area contributed by atoms with Crippen LogP contribution >= 0.6 is 0 Å². The molecule has 0 unspecified atom stereocenters. The molecule has 0 radical (unpaired) electrons. The van der Waals surface area contributed by atoms with Gasteiger partial charge in [0.1, 0.15) is 0 Å². The summed E-state index contributed by atoms with van der Waals surface area (Å²) in [5.74, 6) is -0.865. The Morgan fingerprint density at radius 3 is 2.44 bits per heavy atom. The molecule has 1 atom stereocenters. The summed E-state index contributed by atoms with van der Waals surface area (Å²) in [6, 6.07) is 7.90. The van der Waals surface area contributed by atoms with E-state index in [1.165, 1.54) is 0 Å². The molecule has 0 aliphatic rings. The number of nitrogens with one attached hydrogen (secondary N) is 1. The minimum absolute atomic E-state index is 0.421. The Morgan fingerprint density at radius 1 is 1.17 bits per heavy atom. The molecule has 1 rings (SSSR count). The van der Waals surface area contributed by atoms with E-state index in [2.05, 4.69) is 5.32 Å². The van der Waals surface area contributed by atoms with Gasteiger partial charge in [0, 0.05) is 5.56 Å². The summed E-state index contributed by atoms with van der Waals surface area (Å²) in [4.78, 5) is 23.3. The molecule has 0 spiro atoms. The molecule has 0 heterocycles. The predicted molar refractivity (Wildman–Crippen MR) is 69.8 cm³/mol. The molecule has 98 valence electrons. The fourth-order valence-corrected chi connectivity index (χ4v) is 1.51. The largest absolute Gasteiger partial charge is 0.330 e. The molecule has 1 aromatic carbocycles. The number of amides is 2. The average Bonchev–Trinajstić information content (AvgIpc) is 2.39. The molecule has 0 aliphatic heterocycles. The number of rotatable bonds is 6. The van der Waals surface area contributed by atoms with Gasteiger partial charge in [-0.25, -0.2) is 0 Å². The maximum Gasteiger partial charge on any atom is 0.257 e. The van der Waals surface area contributed by atoms with Gasteiger partial charge in [0.05, 0.1) is 6.04 Å². The SMILES string of the molecule is NCCCC[C@H](N)C(=O)NC(=O)c1ccccc1. The number of hydrogen-bond donors (Lipinski definition) is 3. The number of benzene rings is 1. The third-order valence-electron chi connectivity index (χ3n) is 2.58. The normalized spacial score (nSPS) is 11.9. The maximum atomic E-state index is 11.7. The predicted octanol–water partition coefficient (Wildman–Crippen LogP) is 0.399. The smallest absolute Gasteiger partial charge is 0.257 e. The van der Waals surface area contributed by atoms with E-state index in [0.29, 0.717) is 18.5 Å². The van der Waals surface area contributed by atoms with Crippen molar-refractivity contribution in [2.45, 2.75) is 25.3 Å². The standard InChI is InChI=1S/C13H19N3O2/c14-9-5-4-8-11(15)13(18)16-12(17)10-6-2-1-3-7-10/h1-3,6-7,11H,4-5,8-9,14-15H2,(H,16,17,18)/t11-/m0/s1. The lowest BCUT2D eigenvalue weighted by atomic mass is 10.1. The second kappa shape index (κ2) is 7.58. The van der Waals surface area contributed by atoms with Gasteiger partial charge < -0.3 is 11.5 Å². The molecule has 0 fully saturated rings. The number of hydrogen-bond acceptors (Lipinski definition) is 4. The highest BCUT2D eigenvalue weighted by molar-refractivity contribution is 6.05. The summed E-state index contributed by atoms with van der Waals surface area (Å²) in [6.07, 6.45) is 2.14. The van der Waals surface area contributed by atoms with Crippen LogP contribution in [0.3, 0.4) is 0 Å². The first-order valence-electron chi connectivity index (χ1n) is 6.01. The lowest BCUT2D eigenvalue weighted by Gasteiger charge is -2.11. The number of nitrogens with two attached hydrogens (primary N) is 2. The highest BCUT2D eigenvalue weighted by Crippen LogP contribution is 2.00. The van der Waals surface area contributed by atoms with Crippen LogP contribution < -0.4 is 16.8 Å². The second-order valence-electron chi connectivity index (χ2n) is 4.08. The summed E-state index contributed by atoms with van der Waals surface area (Å²) in [5, 5.41) is 2.29. The summed E-state index contributed by atoms with van der Waals surface area (Å²) in [6.45, 7) is 0.581. The topological polar surface area (TPSA) is 98.2 Å². The zero-order valence-electron chi connectivity index (χ0n) is 10.3. The van der Waals surface area contributed by atoms with Gasteiger partial charge in [-0.15, -0.1) is 0 Å². The van der Waals surface area contributed by atoms with Crippen molar-refractivity contribution in [1.29, 1.82) is 0 Å². The summed E-state index contributed by atoms with van der Waals surface area (Å²) >= 11 is 0. The van der Waals surface area contributed by atoms with Crippen LogP contribution in [-0.2, 0) is 4.79 Å². The number of unbranched alkanes of at least 4 members (excludes halogenated alkanes) is 1. The zero-order valence-corrected chi connectivity index (χ0v) is 10.3. The number of imide groups is 1. The van der Waals surface area contributed by atoms with Crippen molar-refractivity contribution in [3.8, 4) is 0 Å². The minimum atomic E-state index is -0.663. The van der Waals surface area contributed by atoms with Crippen LogP contribution in [0.5, 0.6) is 0 Å². The van der Waals surface area contributed by atoms with Crippen molar-refractivity contribution in [3.05, 3.63) is 35.9 Å². The van der Waals surface area contributed by atoms with Gasteiger partial charge in [0.25, 0.3) is 5.91 Å². The Morgan fingerprint density at radius 2 is 1.83 bits per heavy atom. The van der Waals surface area contributed by atoms with Crippen LogP contribution in [0.2, 0.25) is 0 Å². The molecule has 0 aliphatic carbocycles. The van der Waals surface area contributed by atoms with Gasteiger partial charge in [-0.2, -0.15) is 0 Å². The van der Waals surface area contributed by atoms with E-state index in [1.807, 2.05) is 0 Å². The monoisotopic (exact) mass is 249 g/mol. The first kappa shape index (κ1) is 14.3. The summed E-state index contributed by atoms with van der Waals surface area (Å²) in [5.41, 5.74) is 11.5. The van der Waals surface area contributed by atoms with Gasteiger partial charge in [0.15, 0.2) is 0 Å². The van der Waals surface area contributed by atoms with E-state index in [-0.39, 0.29) is 0 Å². The Balaban J connectivity index is 2.42. The van der Waals surface area contributed by atoms with E-state index in [9.17, 15) is 9.59 Å². The van der Waals surface area contributed by atoms with E-state index in [0.717, 1.165) is 12.8 Å². The van der Waals surface area contributed by atoms with Crippen molar-refractivity contribution in [1.82, 2.24) is 5.32 Å². The Kier molecular flexibility index (Phi) is 6.04. The fraction of sp³-hybridized carbons (Fsp3) is 0.385. The summed E-state index contributed by atoms with van der Waals surface area (Å²) < 4.78 is 0. The lowest BCUT2D eigenvalue weighted by Crippen LogP contribution is -2.43. The highest BCUT2D eigenvalue weighted by atomic mass is 16.2. The van der Waals surface area contributed by atoms with Crippen LogP contribution in [0, 0.1) is 0 Å². The molecule has 0 saturated heterocycles. The second-order valence-corrected chi connectivity index (χ2v) is 4.08. The molecule has 5 nitrogen and oxygen atoms in total. The van der Waals surface area contributed by atoms with Crippen molar-refractivity contribution >= 4 is 11.8 Å². The van der Waals surface area contributed by atoms with Crippen molar-refractivity contribution in [2.75, 3.05) is 6.54 Å². The highest BCUT2D eigenvalue weighted by Gasteiger charge is 2.16. The lowest BCUT2D eigenvalue weighted by molar-refractivity contribution is -0.121. The van der Waals surface area contributed by atoms with Crippen molar-refractivity contribution in [2.24, 2.45) is 11.5 Å². The van der Waals surface area contributed by atoms with Crippen LogP contribution in [0.4, 0.5) is 0 Å². The molecular weight excluding hydrogens is 230 g/mol. The van der Waals surface area contributed by atoms with E-state index in [1.54, 1.807) is 30.3 Å². The van der Waals surface area contributed by atoms with Crippen molar-refractivity contribution in [3.63, 3.8) is 0 Å². The molecule has 0 bridgehead atoms. The minimum Gasteiger partial charge on any atom is -0.330 e. The van der Waals surface area contributed by atoms with E-state index < -0.39 is 17.9 Å². The first-order valence-corrected chi connectivity index (χ1v) is 6.01. The molecule has 5 N–H and O–H groups in total. The van der Waals surface area contributed by atoms with Crippen molar-refractivity contribution < 1.29 is 9.59 Å². The van der Waals surface area contributed by atoms with E-state index in [4.69, 9.17) is 11.5 Å². The molecule has 0 saturated carbocycles. The van der Waals surface area contributed by atoms with Gasteiger partial charge in [0.2, 0.25) is 5.91 Å². The molecule has 0 aromatic heterocycles. The molecule has 18 heavy (non-hydrogen) atoms. The summed E-state index contributed by atoms with van der Waals surface area (Å²) in [7, 11) is 0. The maximum absolute atomic E-state index is 11.7. The van der Waals surface area contributed by atoms with Gasteiger partial charge in [-0.05, 0) is 31.5 Å². The van der Waals surface area contributed by atoms with Crippen LogP contribution in [0.15, 0.2) is 30.3 Å². The zero-order chi connectivity index (χ0) is 13.4. The Hall–Kier alpha value is -1.72. The van der Waals surface area contributed by atoms with E-state index >= 15 is 0 Å². The van der Waals surface area contributed by atoms with Gasteiger partial charge in [-0.3, -0.25) is 14.9 Å². The average molecular weight is 249 g/mol. The quantitative estimate of drug-likeness (QED) is 0.635. The molecule has 2 amide bonds.